The fourth-order valence-electron chi connectivity index (χ4n) is 2.48. The topological polar surface area (TPSA) is 50.2 Å². The van der Waals surface area contributed by atoms with Crippen molar-refractivity contribution in [3.05, 3.63) is 88.3 Å². The molecule has 0 aliphatic rings. The molecule has 0 fully saturated rings. The lowest BCUT2D eigenvalue weighted by atomic mass is 10.00. The molecule has 3 rings (SSSR count). The second-order valence-corrected chi connectivity index (χ2v) is 5.75. The van der Waals surface area contributed by atoms with Crippen LogP contribution in [0.15, 0.2) is 60.8 Å². The van der Waals surface area contributed by atoms with Crippen molar-refractivity contribution >= 4 is 17.6 Å². The van der Waals surface area contributed by atoms with E-state index in [4.69, 9.17) is 11.6 Å². The van der Waals surface area contributed by atoms with Gasteiger partial charge >= 0.3 is 5.97 Å². The number of halogens is 2. The molecule has 1 aromatic heterocycles. The van der Waals surface area contributed by atoms with Crippen molar-refractivity contribution in [1.82, 2.24) is 4.98 Å². The average molecular weight is 342 g/mol. The van der Waals surface area contributed by atoms with Gasteiger partial charge in [0.25, 0.3) is 0 Å². The highest BCUT2D eigenvalue weighted by Crippen LogP contribution is 2.23. The number of hydrogen-bond acceptors (Lipinski definition) is 2. The van der Waals surface area contributed by atoms with Gasteiger partial charge < -0.3 is 5.11 Å². The maximum atomic E-state index is 13.8. The molecule has 0 bridgehead atoms. The first kappa shape index (κ1) is 16.1. The van der Waals surface area contributed by atoms with E-state index < -0.39 is 5.97 Å². The van der Waals surface area contributed by atoms with Crippen molar-refractivity contribution in [1.29, 1.82) is 0 Å². The molecule has 0 spiro atoms. The Kier molecular flexibility index (Phi) is 4.58. The summed E-state index contributed by atoms with van der Waals surface area (Å²) in [6.07, 6.45) is 2.03. The minimum absolute atomic E-state index is 0.167. The molecule has 0 amide bonds. The van der Waals surface area contributed by atoms with Crippen LogP contribution in [0.5, 0.6) is 0 Å². The number of hydrogen-bond donors (Lipinski definition) is 1. The Labute approximate surface area is 143 Å². The molecule has 2 aromatic carbocycles. The van der Waals surface area contributed by atoms with Gasteiger partial charge in [-0.3, -0.25) is 4.98 Å². The third-order valence-electron chi connectivity index (χ3n) is 3.67. The molecule has 0 radical (unpaired) electrons. The van der Waals surface area contributed by atoms with Crippen molar-refractivity contribution in [3.8, 4) is 11.3 Å². The summed E-state index contributed by atoms with van der Waals surface area (Å²) in [7, 11) is 0. The Morgan fingerprint density at radius 1 is 1.12 bits per heavy atom. The summed E-state index contributed by atoms with van der Waals surface area (Å²) < 4.78 is 13.8. The van der Waals surface area contributed by atoms with Crippen LogP contribution < -0.4 is 0 Å². The zero-order chi connectivity index (χ0) is 17.1. The Hall–Kier alpha value is -2.72. The van der Waals surface area contributed by atoms with Gasteiger partial charge in [-0.15, -0.1) is 0 Å². The van der Waals surface area contributed by atoms with Crippen LogP contribution in [0.2, 0.25) is 5.02 Å². The van der Waals surface area contributed by atoms with E-state index in [1.54, 1.807) is 42.6 Å². The van der Waals surface area contributed by atoms with Gasteiger partial charge in [0.05, 0.1) is 11.3 Å². The van der Waals surface area contributed by atoms with Crippen LogP contribution >= 0.6 is 11.6 Å². The van der Waals surface area contributed by atoms with E-state index in [-0.39, 0.29) is 11.4 Å². The van der Waals surface area contributed by atoms with E-state index in [9.17, 15) is 14.3 Å². The summed E-state index contributed by atoms with van der Waals surface area (Å²) in [5, 5.41) is 9.65. The first-order valence-electron chi connectivity index (χ1n) is 7.26. The standard InChI is InChI=1S/C19H13ClFNO2/c20-14-7-6-13(16(10-14)19(23)24)9-12-5-8-18(22-11-12)15-3-1-2-4-17(15)21/h1-8,10-11H,9H2,(H,23,24). The maximum Gasteiger partial charge on any atom is 0.336 e. The van der Waals surface area contributed by atoms with Crippen molar-refractivity contribution in [2.24, 2.45) is 0 Å². The Bertz CT molecular complexity index is 894. The van der Waals surface area contributed by atoms with Gasteiger partial charge in [0.15, 0.2) is 0 Å². The van der Waals surface area contributed by atoms with Gasteiger partial charge in [-0.25, -0.2) is 9.18 Å². The molecule has 0 aliphatic heterocycles. The van der Waals surface area contributed by atoms with Crippen LogP contribution in [0.3, 0.4) is 0 Å². The van der Waals surface area contributed by atoms with Crippen LogP contribution in [0.25, 0.3) is 11.3 Å². The number of carboxylic acids is 1. The largest absolute Gasteiger partial charge is 0.478 e. The third kappa shape index (κ3) is 3.44. The highest BCUT2D eigenvalue weighted by molar-refractivity contribution is 6.31. The summed E-state index contributed by atoms with van der Waals surface area (Å²) in [5.41, 5.74) is 2.61. The molecular formula is C19H13ClFNO2. The van der Waals surface area contributed by atoms with Gasteiger partial charge in [0.2, 0.25) is 0 Å². The van der Waals surface area contributed by atoms with Crippen molar-refractivity contribution < 1.29 is 14.3 Å². The zero-order valence-electron chi connectivity index (χ0n) is 12.5. The van der Waals surface area contributed by atoms with E-state index in [1.165, 1.54) is 12.1 Å². The number of aromatic nitrogens is 1. The average Bonchev–Trinajstić information content (AvgIpc) is 2.57. The summed E-state index contributed by atoms with van der Waals surface area (Å²) in [4.78, 5) is 15.6. The highest BCUT2D eigenvalue weighted by atomic mass is 35.5. The number of pyridine rings is 1. The highest BCUT2D eigenvalue weighted by Gasteiger charge is 2.12. The van der Waals surface area contributed by atoms with E-state index in [0.717, 1.165) is 5.56 Å². The maximum absolute atomic E-state index is 13.8. The number of rotatable bonds is 4. The molecule has 1 N–H and O–H groups in total. The van der Waals surface area contributed by atoms with Gasteiger partial charge in [0, 0.05) is 16.8 Å². The zero-order valence-corrected chi connectivity index (χ0v) is 13.3. The molecule has 0 unspecified atom stereocenters. The first-order chi connectivity index (χ1) is 11.5. The van der Waals surface area contributed by atoms with Crippen molar-refractivity contribution in [2.45, 2.75) is 6.42 Å². The molecule has 0 aliphatic carbocycles. The minimum Gasteiger partial charge on any atom is -0.478 e. The lowest BCUT2D eigenvalue weighted by Gasteiger charge is -2.08. The summed E-state index contributed by atoms with van der Waals surface area (Å²) in [5.74, 6) is -1.35. The third-order valence-corrected chi connectivity index (χ3v) is 3.91. The fraction of sp³-hybridized carbons (Fsp3) is 0.0526. The van der Waals surface area contributed by atoms with Crippen molar-refractivity contribution in [3.63, 3.8) is 0 Å². The number of carbonyl (C=O) groups is 1. The lowest BCUT2D eigenvalue weighted by Crippen LogP contribution is -2.03. The monoisotopic (exact) mass is 341 g/mol. The second-order valence-electron chi connectivity index (χ2n) is 5.31. The SMILES string of the molecule is O=C(O)c1cc(Cl)ccc1Cc1ccc(-c2ccccc2F)nc1. The number of carboxylic acid groups (broad SMARTS) is 1. The molecule has 1 heterocycles. The lowest BCUT2D eigenvalue weighted by molar-refractivity contribution is 0.0696. The van der Waals surface area contributed by atoms with Crippen LogP contribution in [0.1, 0.15) is 21.5 Å². The van der Waals surface area contributed by atoms with E-state index in [0.29, 0.717) is 28.3 Å². The predicted molar refractivity (Wildman–Crippen MR) is 90.8 cm³/mol. The fourth-order valence-corrected chi connectivity index (χ4v) is 2.65. The predicted octanol–water partition coefficient (Wildman–Crippen LogP) is 4.83. The molecule has 0 saturated carbocycles. The summed E-state index contributed by atoms with van der Waals surface area (Å²) >= 11 is 5.86. The molecular weight excluding hydrogens is 329 g/mol. The summed E-state index contributed by atoms with van der Waals surface area (Å²) in [6, 6.07) is 14.7. The van der Waals surface area contributed by atoms with Crippen LogP contribution in [-0.2, 0) is 6.42 Å². The smallest absolute Gasteiger partial charge is 0.336 e. The molecule has 0 saturated heterocycles. The molecule has 0 atom stereocenters. The summed E-state index contributed by atoms with van der Waals surface area (Å²) in [6.45, 7) is 0. The van der Waals surface area contributed by atoms with Crippen LogP contribution in [-0.4, -0.2) is 16.1 Å². The van der Waals surface area contributed by atoms with E-state index in [2.05, 4.69) is 4.98 Å². The molecule has 3 aromatic rings. The molecule has 120 valence electrons. The van der Waals surface area contributed by atoms with E-state index in [1.807, 2.05) is 6.07 Å². The Morgan fingerprint density at radius 3 is 2.58 bits per heavy atom. The van der Waals surface area contributed by atoms with Gasteiger partial charge in [-0.1, -0.05) is 35.9 Å². The molecule has 24 heavy (non-hydrogen) atoms. The number of nitrogens with zero attached hydrogens (tertiary/aromatic N) is 1. The van der Waals surface area contributed by atoms with Gasteiger partial charge in [0.1, 0.15) is 5.82 Å². The number of benzene rings is 2. The Morgan fingerprint density at radius 2 is 1.92 bits per heavy atom. The molecule has 5 heteroatoms. The van der Waals surface area contributed by atoms with E-state index >= 15 is 0 Å². The van der Waals surface area contributed by atoms with Crippen molar-refractivity contribution in [2.75, 3.05) is 0 Å². The first-order valence-corrected chi connectivity index (χ1v) is 7.64. The minimum atomic E-state index is -1.02. The van der Waals surface area contributed by atoms with Crippen LogP contribution in [0.4, 0.5) is 4.39 Å². The normalized spacial score (nSPS) is 10.6. The molecule has 3 nitrogen and oxygen atoms in total. The van der Waals surface area contributed by atoms with Gasteiger partial charge in [-0.05, 0) is 47.9 Å². The van der Waals surface area contributed by atoms with Gasteiger partial charge in [-0.2, -0.15) is 0 Å². The number of aromatic carboxylic acids is 1. The second kappa shape index (κ2) is 6.81. The quantitative estimate of drug-likeness (QED) is 0.739. The van der Waals surface area contributed by atoms with Crippen LogP contribution in [0, 0.1) is 5.82 Å². The Balaban J connectivity index is 1.88.